The molecule has 1 aliphatic heterocycles. The van der Waals surface area contributed by atoms with Crippen LogP contribution in [0.5, 0.6) is 0 Å². The van der Waals surface area contributed by atoms with Crippen LogP contribution in [0.4, 0.5) is 0 Å². The van der Waals surface area contributed by atoms with Gasteiger partial charge < -0.3 is 15.5 Å². The molecule has 2 rings (SSSR count). The zero-order chi connectivity index (χ0) is 20.5. The molecular formula is C21H32N4O3. The van der Waals surface area contributed by atoms with Crippen LogP contribution in [0.15, 0.2) is 30.3 Å². The number of rotatable bonds is 8. The summed E-state index contributed by atoms with van der Waals surface area (Å²) < 4.78 is 0. The van der Waals surface area contributed by atoms with Crippen LogP contribution >= 0.6 is 0 Å². The SMILES string of the molecule is CCC(C)NC(=O)CN1CCN(C(=O)CC(NC(C)=O)c2ccccc2)CC1. The number of nitrogens with zero attached hydrogens (tertiary/aromatic N) is 2. The van der Waals surface area contributed by atoms with E-state index >= 15 is 0 Å². The van der Waals surface area contributed by atoms with Crippen molar-refractivity contribution in [2.24, 2.45) is 0 Å². The van der Waals surface area contributed by atoms with Gasteiger partial charge in [-0.1, -0.05) is 37.3 Å². The van der Waals surface area contributed by atoms with Crippen LogP contribution in [0.3, 0.4) is 0 Å². The van der Waals surface area contributed by atoms with E-state index in [2.05, 4.69) is 15.5 Å². The van der Waals surface area contributed by atoms with E-state index in [1.807, 2.05) is 49.1 Å². The van der Waals surface area contributed by atoms with Crippen LogP contribution in [0, 0.1) is 0 Å². The van der Waals surface area contributed by atoms with Gasteiger partial charge in [0.2, 0.25) is 17.7 Å². The van der Waals surface area contributed by atoms with Gasteiger partial charge >= 0.3 is 0 Å². The van der Waals surface area contributed by atoms with Crippen LogP contribution in [-0.4, -0.2) is 66.3 Å². The Morgan fingerprint density at radius 2 is 1.68 bits per heavy atom. The Balaban J connectivity index is 1.85. The minimum atomic E-state index is -0.328. The first kappa shape index (κ1) is 21.9. The van der Waals surface area contributed by atoms with Gasteiger partial charge in [0.1, 0.15) is 0 Å². The molecule has 1 aromatic rings. The van der Waals surface area contributed by atoms with Crippen LogP contribution < -0.4 is 10.6 Å². The highest BCUT2D eigenvalue weighted by Crippen LogP contribution is 2.18. The second-order valence-electron chi connectivity index (χ2n) is 7.40. The average Bonchev–Trinajstić information content (AvgIpc) is 2.68. The number of carbonyl (C=O) groups is 3. The Bertz CT molecular complexity index is 657. The molecule has 2 unspecified atom stereocenters. The van der Waals surface area contributed by atoms with Gasteiger partial charge in [-0.05, 0) is 18.9 Å². The number of amides is 3. The van der Waals surface area contributed by atoms with Crippen LogP contribution in [0.2, 0.25) is 0 Å². The maximum Gasteiger partial charge on any atom is 0.234 e. The number of hydrogen-bond acceptors (Lipinski definition) is 4. The maximum atomic E-state index is 12.8. The summed E-state index contributed by atoms with van der Waals surface area (Å²) in [5, 5.41) is 5.85. The standard InChI is InChI=1S/C21H32N4O3/c1-4-16(2)22-20(27)15-24-10-12-25(13-11-24)21(28)14-19(23-17(3)26)18-8-6-5-7-9-18/h5-9,16,19H,4,10-15H2,1-3H3,(H,22,27)(H,23,26). The molecule has 1 aliphatic rings. The first-order valence-electron chi connectivity index (χ1n) is 10.0. The van der Waals surface area contributed by atoms with E-state index in [-0.39, 0.29) is 36.2 Å². The summed E-state index contributed by atoms with van der Waals surface area (Å²) in [6, 6.07) is 9.40. The highest BCUT2D eigenvalue weighted by Gasteiger charge is 2.25. The van der Waals surface area contributed by atoms with Crippen molar-refractivity contribution in [3.05, 3.63) is 35.9 Å². The number of benzene rings is 1. The minimum Gasteiger partial charge on any atom is -0.353 e. The van der Waals surface area contributed by atoms with Crippen LogP contribution in [-0.2, 0) is 14.4 Å². The first-order valence-corrected chi connectivity index (χ1v) is 10.0. The summed E-state index contributed by atoms with van der Waals surface area (Å²) >= 11 is 0. The van der Waals surface area contributed by atoms with Crippen molar-refractivity contribution in [1.82, 2.24) is 20.4 Å². The van der Waals surface area contributed by atoms with E-state index in [0.717, 1.165) is 12.0 Å². The Hall–Kier alpha value is -2.41. The van der Waals surface area contributed by atoms with E-state index < -0.39 is 0 Å². The quantitative estimate of drug-likeness (QED) is 0.704. The second kappa shape index (κ2) is 10.8. The lowest BCUT2D eigenvalue weighted by Crippen LogP contribution is -2.52. The van der Waals surface area contributed by atoms with Crippen molar-refractivity contribution in [1.29, 1.82) is 0 Å². The Morgan fingerprint density at radius 3 is 2.25 bits per heavy atom. The normalized spacial score (nSPS) is 16.9. The summed E-state index contributed by atoms with van der Waals surface area (Å²) in [5.41, 5.74) is 0.923. The maximum absolute atomic E-state index is 12.8. The minimum absolute atomic E-state index is 0.0197. The van der Waals surface area contributed by atoms with Gasteiger partial charge in [0.15, 0.2) is 0 Å². The largest absolute Gasteiger partial charge is 0.353 e. The fraction of sp³-hybridized carbons (Fsp3) is 0.571. The molecule has 28 heavy (non-hydrogen) atoms. The van der Waals surface area contributed by atoms with Gasteiger partial charge in [0.25, 0.3) is 0 Å². The van der Waals surface area contributed by atoms with E-state index in [0.29, 0.717) is 32.7 Å². The Labute approximate surface area is 167 Å². The summed E-state index contributed by atoms with van der Waals surface area (Å²) in [7, 11) is 0. The molecule has 0 aromatic heterocycles. The third-order valence-electron chi connectivity index (χ3n) is 5.07. The molecule has 0 spiro atoms. The smallest absolute Gasteiger partial charge is 0.234 e. The van der Waals surface area contributed by atoms with Gasteiger partial charge in [-0.15, -0.1) is 0 Å². The fourth-order valence-electron chi connectivity index (χ4n) is 3.27. The molecule has 2 atom stereocenters. The molecule has 7 heteroatoms. The van der Waals surface area contributed by atoms with Gasteiger partial charge in [0, 0.05) is 39.1 Å². The van der Waals surface area contributed by atoms with E-state index in [1.54, 1.807) is 0 Å². The van der Waals surface area contributed by atoms with Gasteiger partial charge in [0.05, 0.1) is 19.0 Å². The highest BCUT2D eigenvalue weighted by atomic mass is 16.2. The number of carbonyl (C=O) groups excluding carboxylic acids is 3. The third-order valence-corrected chi connectivity index (χ3v) is 5.07. The van der Waals surface area contributed by atoms with Crippen LogP contribution in [0.25, 0.3) is 0 Å². The molecule has 0 aliphatic carbocycles. The van der Waals surface area contributed by atoms with E-state index in [9.17, 15) is 14.4 Å². The highest BCUT2D eigenvalue weighted by molar-refractivity contribution is 5.80. The molecule has 0 saturated carbocycles. The number of hydrogen-bond donors (Lipinski definition) is 2. The molecule has 1 heterocycles. The number of piperazine rings is 1. The van der Waals surface area contributed by atoms with Gasteiger partial charge in [-0.2, -0.15) is 0 Å². The van der Waals surface area contributed by atoms with Crippen molar-refractivity contribution in [2.45, 2.75) is 45.7 Å². The molecule has 2 N–H and O–H groups in total. The lowest BCUT2D eigenvalue weighted by Gasteiger charge is -2.35. The van der Waals surface area contributed by atoms with Crippen LogP contribution in [0.1, 0.15) is 45.2 Å². The third kappa shape index (κ3) is 6.96. The zero-order valence-corrected chi connectivity index (χ0v) is 17.1. The molecule has 1 fully saturated rings. The molecule has 154 valence electrons. The van der Waals surface area contributed by atoms with Crippen molar-refractivity contribution in [2.75, 3.05) is 32.7 Å². The molecule has 1 saturated heterocycles. The summed E-state index contributed by atoms with van der Waals surface area (Å²) in [6.07, 6.45) is 1.14. The summed E-state index contributed by atoms with van der Waals surface area (Å²) in [4.78, 5) is 40.2. The zero-order valence-electron chi connectivity index (χ0n) is 17.1. The second-order valence-corrected chi connectivity index (χ2v) is 7.40. The summed E-state index contributed by atoms with van der Waals surface area (Å²) in [6.45, 7) is 8.40. The number of nitrogens with one attached hydrogen (secondary N) is 2. The van der Waals surface area contributed by atoms with Crippen molar-refractivity contribution in [3.63, 3.8) is 0 Å². The molecule has 7 nitrogen and oxygen atoms in total. The monoisotopic (exact) mass is 388 g/mol. The molecule has 0 radical (unpaired) electrons. The van der Waals surface area contributed by atoms with E-state index in [4.69, 9.17) is 0 Å². The van der Waals surface area contributed by atoms with Gasteiger partial charge in [-0.3, -0.25) is 19.3 Å². The molecule has 0 bridgehead atoms. The van der Waals surface area contributed by atoms with E-state index in [1.165, 1.54) is 6.92 Å². The Kier molecular flexibility index (Phi) is 8.44. The van der Waals surface area contributed by atoms with Crippen molar-refractivity contribution < 1.29 is 14.4 Å². The van der Waals surface area contributed by atoms with Crippen molar-refractivity contribution in [3.8, 4) is 0 Å². The molecule has 1 aromatic carbocycles. The summed E-state index contributed by atoms with van der Waals surface area (Å²) in [5.74, 6) is -0.103. The lowest BCUT2D eigenvalue weighted by atomic mass is 10.0. The molecule has 3 amide bonds. The van der Waals surface area contributed by atoms with Crippen molar-refractivity contribution >= 4 is 17.7 Å². The van der Waals surface area contributed by atoms with Gasteiger partial charge in [-0.25, -0.2) is 0 Å². The predicted molar refractivity (Wildman–Crippen MR) is 109 cm³/mol. The molecular weight excluding hydrogens is 356 g/mol. The average molecular weight is 389 g/mol. The predicted octanol–water partition coefficient (Wildman–Crippen LogP) is 1.31. The topological polar surface area (TPSA) is 81.8 Å². The lowest BCUT2D eigenvalue weighted by molar-refractivity contribution is -0.134. The fourth-order valence-corrected chi connectivity index (χ4v) is 3.27. The Morgan fingerprint density at radius 1 is 1.04 bits per heavy atom. The first-order chi connectivity index (χ1) is 13.4.